The van der Waals surface area contributed by atoms with Crippen LogP contribution in [0.3, 0.4) is 0 Å². The second-order valence-electron chi connectivity index (χ2n) is 5.79. The summed E-state index contributed by atoms with van der Waals surface area (Å²) < 4.78 is 47.4. The van der Waals surface area contributed by atoms with E-state index in [-0.39, 0.29) is 17.5 Å². The van der Waals surface area contributed by atoms with Gasteiger partial charge in [-0.05, 0) is 31.7 Å². The second kappa shape index (κ2) is 7.22. The summed E-state index contributed by atoms with van der Waals surface area (Å²) in [6.45, 7) is 4.78. The summed E-state index contributed by atoms with van der Waals surface area (Å²) in [6.07, 6.45) is 4.62. The molecule has 0 aromatic rings. The van der Waals surface area contributed by atoms with Crippen LogP contribution in [0.2, 0.25) is 0 Å². The molecule has 0 heterocycles. The van der Waals surface area contributed by atoms with Gasteiger partial charge < -0.3 is 5.32 Å². The third-order valence-corrected chi connectivity index (χ3v) is 7.56. The number of nitrogens with one attached hydrogen (secondary N) is 1. The maximum absolute atomic E-state index is 12.5. The van der Waals surface area contributed by atoms with Gasteiger partial charge in [-0.2, -0.15) is 0 Å². The van der Waals surface area contributed by atoms with Crippen LogP contribution in [0, 0.1) is 5.92 Å². The average Bonchev–Trinajstić information content (AvgIpc) is 2.36. The molecular formula is C13H27NO4S2. The molecule has 1 aliphatic rings. The lowest BCUT2D eigenvalue weighted by Gasteiger charge is -2.36. The van der Waals surface area contributed by atoms with E-state index in [4.69, 9.17) is 0 Å². The number of sulfone groups is 2. The highest BCUT2D eigenvalue weighted by atomic mass is 32.2. The van der Waals surface area contributed by atoms with Crippen molar-refractivity contribution in [2.24, 2.45) is 5.92 Å². The summed E-state index contributed by atoms with van der Waals surface area (Å²) in [5.41, 5.74) is 0. The van der Waals surface area contributed by atoms with Crippen molar-refractivity contribution >= 4 is 19.7 Å². The highest BCUT2D eigenvalue weighted by Gasteiger charge is 2.38. The molecule has 7 heteroatoms. The number of hydrogen-bond acceptors (Lipinski definition) is 5. The van der Waals surface area contributed by atoms with E-state index in [1.54, 1.807) is 0 Å². The molecule has 1 saturated carbocycles. The van der Waals surface area contributed by atoms with Crippen molar-refractivity contribution < 1.29 is 16.8 Å². The lowest BCUT2D eigenvalue weighted by molar-refractivity contribution is 0.290. The van der Waals surface area contributed by atoms with Gasteiger partial charge in [0.05, 0.1) is 16.8 Å². The van der Waals surface area contributed by atoms with Gasteiger partial charge in [0.2, 0.25) is 0 Å². The first-order valence-corrected chi connectivity index (χ1v) is 11.1. The van der Waals surface area contributed by atoms with Gasteiger partial charge in [-0.3, -0.25) is 0 Å². The quantitative estimate of drug-likeness (QED) is 0.755. The Morgan fingerprint density at radius 1 is 1.05 bits per heavy atom. The molecule has 1 aliphatic carbocycles. The summed E-state index contributed by atoms with van der Waals surface area (Å²) in [5, 5.41) is 2.81. The molecule has 5 nitrogen and oxygen atoms in total. The van der Waals surface area contributed by atoms with E-state index in [0.29, 0.717) is 12.3 Å². The van der Waals surface area contributed by atoms with Crippen LogP contribution in [0.25, 0.3) is 0 Å². The van der Waals surface area contributed by atoms with Gasteiger partial charge in [0.25, 0.3) is 0 Å². The molecule has 0 aromatic carbocycles. The normalized spacial score (nSPS) is 28.4. The van der Waals surface area contributed by atoms with Crippen molar-refractivity contribution in [1.29, 1.82) is 0 Å². The molecule has 0 aliphatic heterocycles. The van der Waals surface area contributed by atoms with Crippen molar-refractivity contribution in [3.05, 3.63) is 0 Å². The third kappa shape index (κ3) is 5.33. The minimum Gasteiger partial charge on any atom is -0.313 e. The van der Waals surface area contributed by atoms with Crippen LogP contribution >= 0.6 is 0 Å². The van der Waals surface area contributed by atoms with Crippen LogP contribution in [0.1, 0.15) is 39.5 Å². The zero-order chi connectivity index (χ0) is 15.4. The Bertz CT molecular complexity index is 498. The van der Waals surface area contributed by atoms with E-state index in [1.807, 2.05) is 6.92 Å². The Labute approximate surface area is 123 Å². The van der Waals surface area contributed by atoms with E-state index in [9.17, 15) is 16.8 Å². The Morgan fingerprint density at radius 2 is 1.70 bits per heavy atom. The highest BCUT2D eigenvalue weighted by molar-refractivity contribution is 7.95. The van der Waals surface area contributed by atoms with E-state index in [0.717, 1.165) is 32.1 Å². The lowest BCUT2D eigenvalue weighted by atomic mass is 9.84. The van der Waals surface area contributed by atoms with Crippen molar-refractivity contribution in [1.82, 2.24) is 5.32 Å². The van der Waals surface area contributed by atoms with E-state index < -0.39 is 24.9 Å². The average molecular weight is 325 g/mol. The SMILES string of the molecule is CCNC1CCC(CC)CC1S(=O)(=O)CCS(C)(=O)=O. The molecule has 0 aromatic heterocycles. The molecule has 0 saturated heterocycles. The fourth-order valence-electron chi connectivity index (χ4n) is 2.89. The highest BCUT2D eigenvalue weighted by Crippen LogP contribution is 2.31. The van der Waals surface area contributed by atoms with Crippen LogP contribution in [-0.2, 0) is 19.7 Å². The van der Waals surface area contributed by atoms with Crippen LogP contribution < -0.4 is 5.32 Å². The van der Waals surface area contributed by atoms with Gasteiger partial charge in [0.15, 0.2) is 9.84 Å². The van der Waals surface area contributed by atoms with Crippen molar-refractivity contribution in [3.63, 3.8) is 0 Å². The molecule has 3 unspecified atom stereocenters. The standard InChI is InChI=1S/C13H27NO4S2/c1-4-11-6-7-12(14-5-2)13(10-11)20(17,18)9-8-19(3,15)16/h11-14H,4-10H2,1-3H3. The topological polar surface area (TPSA) is 80.3 Å². The van der Waals surface area contributed by atoms with Crippen LogP contribution in [0.4, 0.5) is 0 Å². The Kier molecular flexibility index (Phi) is 6.47. The Hall–Kier alpha value is -0.140. The Balaban J connectivity index is 2.84. The summed E-state index contributed by atoms with van der Waals surface area (Å²) in [7, 11) is -6.62. The van der Waals surface area contributed by atoms with Gasteiger partial charge in [0, 0.05) is 12.3 Å². The minimum absolute atomic E-state index is 0.0349. The molecular weight excluding hydrogens is 298 g/mol. The van der Waals surface area contributed by atoms with Crippen molar-refractivity contribution in [2.75, 3.05) is 24.3 Å². The van der Waals surface area contributed by atoms with Gasteiger partial charge in [-0.25, -0.2) is 16.8 Å². The molecule has 0 amide bonds. The van der Waals surface area contributed by atoms with E-state index in [2.05, 4.69) is 12.2 Å². The summed E-state index contributed by atoms with van der Waals surface area (Å²) >= 11 is 0. The van der Waals surface area contributed by atoms with Gasteiger partial charge in [-0.15, -0.1) is 0 Å². The largest absolute Gasteiger partial charge is 0.313 e. The predicted octanol–water partition coefficient (Wildman–Crippen LogP) is 1.00. The molecule has 1 rings (SSSR count). The third-order valence-electron chi connectivity index (χ3n) is 4.14. The molecule has 0 spiro atoms. The maximum atomic E-state index is 12.5. The molecule has 1 fully saturated rings. The smallest absolute Gasteiger partial charge is 0.155 e. The van der Waals surface area contributed by atoms with Gasteiger partial charge >= 0.3 is 0 Å². The summed E-state index contributed by atoms with van der Waals surface area (Å²) in [4.78, 5) is 0. The molecule has 1 N–H and O–H groups in total. The van der Waals surface area contributed by atoms with Crippen LogP contribution in [0.15, 0.2) is 0 Å². The van der Waals surface area contributed by atoms with Crippen molar-refractivity contribution in [2.45, 2.75) is 50.8 Å². The fourth-order valence-corrected chi connectivity index (χ4v) is 6.64. The first-order chi connectivity index (χ1) is 9.19. The Morgan fingerprint density at radius 3 is 2.20 bits per heavy atom. The number of hydrogen-bond donors (Lipinski definition) is 1. The van der Waals surface area contributed by atoms with Crippen LogP contribution in [0.5, 0.6) is 0 Å². The first kappa shape index (κ1) is 17.9. The molecule has 0 radical (unpaired) electrons. The van der Waals surface area contributed by atoms with Gasteiger partial charge in [-0.1, -0.05) is 20.3 Å². The monoisotopic (exact) mass is 325 g/mol. The second-order valence-corrected chi connectivity index (χ2v) is 10.4. The van der Waals surface area contributed by atoms with Crippen LogP contribution in [-0.4, -0.2) is 52.4 Å². The molecule has 3 atom stereocenters. The summed E-state index contributed by atoms with van der Waals surface area (Å²) in [5.74, 6) is -0.0982. The fraction of sp³-hybridized carbons (Fsp3) is 1.00. The predicted molar refractivity (Wildman–Crippen MR) is 82.4 cm³/mol. The zero-order valence-electron chi connectivity index (χ0n) is 12.6. The van der Waals surface area contributed by atoms with Gasteiger partial charge in [0.1, 0.15) is 9.84 Å². The maximum Gasteiger partial charge on any atom is 0.155 e. The minimum atomic E-state index is -3.37. The van der Waals surface area contributed by atoms with E-state index >= 15 is 0 Å². The molecule has 0 bridgehead atoms. The molecule has 120 valence electrons. The lowest BCUT2D eigenvalue weighted by Crippen LogP contribution is -2.49. The van der Waals surface area contributed by atoms with E-state index in [1.165, 1.54) is 0 Å². The molecule has 20 heavy (non-hydrogen) atoms. The first-order valence-electron chi connectivity index (χ1n) is 7.32. The van der Waals surface area contributed by atoms with Crippen molar-refractivity contribution in [3.8, 4) is 0 Å². The number of rotatable bonds is 7. The zero-order valence-corrected chi connectivity index (χ0v) is 14.3. The summed E-state index contributed by atoms with van der Waals surface area (Å²) in [6, 6.07) is -0.0349.